The molecule has 18 heavy (non-hydrogen) atoms. The van der Waals surface area contributed by atoms with E-state index in [0.717, 1.165) is 44.5 Å². The van der Waals surface area contributed by atoms with Crippen molar-refractivity contribution in [3.8, 4) is 0 Å². The lowest BCUT2D eigenvalue weighted by atomic mass is 9.83. The van der Waals surface area contributed by atoms with E-state index in [0.29, 0.717) is 18.2 Å². The Morgan fingerprint density at radius 1 is 1.44 bits per heavy atom. The van der Waals surface area contributed by atoms with Gasteiger partial charge in [0.1, 0.15) is 11.6 Å². The van der Waals surface area contributed by atoms with Crippen molar-refractivity contribution in [1.29, 1.82) is 0 Å². The number of nitrogens with two attached hydrogens (primary N) is 1. The first-order valence-corrected chi connectivity index (χ1v) is 6.99. The van der Waals surface area contributed by atoms with Gasteiger partial charge in [0.2, 0.25) is 0 Å². The summed E-state index contributed by atoms with van der Waals surface area (Å²) in [5.74, 6) is 1.46. The molecule has 0 radical (unpaired) electrons. The molecule has 100 valence electrons. The molecule has 4 heteroatoms. The highest BCUT2D eigenvalue weighted by Gasteiger charge is 2.25. The van der Waals surface area contributed by atoms with Gasteiger partial charge in [0.05, 0.1) is 6.42 Å². The molecule has 0 atom stereocenters. The summed E-state index contributed by atoms with van der Waals surface area (Å²) in [5, 5.41) is 0. The largest absolute Gasteiger partial charge is 0.335 e. The van der Waals surface area contributed by atoms with E-state index in [4.69, 9.17) is 5.73 Å². The number of nitrogens with zero attached hydrogens (tertiary/aromatic N) is 2. The quantitative estimate of drug-likeness (QED) is 0.867. The zero-order valence-corrected chi connectivity index (χ0v) is 11.1. The molecule has 0 bridgehead atoms. The number of Topliss-reactive ketones (excluding diaryl/α,β-unsaturated/α-hetero) is 1. The lowest BCUT2D eigenvalue weighted by Gasteiger charge is -2.24. The summed E-state index contributed by atoms with van der Waals surface area (Å²) in [6.45, 7) is 3.08. The van der Waals surface area contributed by atoms with E-state index in [1.54, 1.807) is 6.20 Å². The van der Waals surface area contributed by atoms with Crippen molar-refractivity contribution in [3.63, 3.8) is 0 Å². The number of ketones is 1. The van der Waals surface area contributed by atoms with Gasteiger partial charge in [0, 0.05) is 30.9 Å². The Bertz CT molecular complexity index is 391. The fourth-order valence-corrected chi connectivity index (χ4v) is 2.69. The highest BCUT2D eigenvalue weighted by molar-refractivity contribution is 5.82. The molecule has 0 aromatic carbocycles. The summed E-state index contributed by atoms with van der Waals surface area (Å²) in [7, 11) is 0. The standard InChI is InChI=1S/C14H23N3O/c1-2-8-17-9-7-16-14(17)10-13(18)11-3-5-12(15)6-4-11/h7,9,11-12H,2-6,8,10,15H2,1H3. The first kappa shape index (κ1) is 13.3. The van der Waals surface area contributed by atoms with Gasteiger partial charge in [-0.15, -0.1) is 0 Å². The van der Waals surface area contributed by atoms with E-state index in [2.05, 4.69) is 16.5 Å². The summed E-state index contributed by atoms with van der Waals surface area (Å²) in [4.78, 5) is 16.5. The van der Waals surface area contributed by atoms with Crippen LogP contribution in [0, 0.1) is 5.92 Å². The van der Waals surface area contributed by atoms with E-state index in [1.807, 2.05) is 6.20 Å². The fourth-order valence-electron chi connectivity index (χ4n) is 2.69. The third kappa shape index (κ3) is 3.19. The second kappa shape index (κ2) is 6.14. The Morgan fingerprint density at radius 2 is 2.17 bits per heavy atom. The molecule has 1 aliphatic carbocycles. The number of carbonyl (C=O) groups excluding carboxylic acids is 1. The molecule has 1 aromatic rings. The van der Waals surface area contributed by atoms with Crippen LogP contribution in [0.1, 0.15) is 44.9 Å². The van der Waals surface area contributed by atoms with Crippen LogP contribution in [0.4, 0.5) is 0 Å². The van der Waals surface area contributed by atoms with Crippen molar-refractivity contribution in [1.82, 2.24) is 9.55 Å². The van der Waals surface area contributed by atoms with Gasteiger partial charge in [-0.3, -0.25) is 4.79 Å². The third-order valence-electron chi connectivity index (χ3n) is 3.83. The van der Waals surface area contributed by atoms with Gasteiger partial charge < -0.3 is 10.3 Å². The smallest absolute Gasteiger partial charge is 0.143 e. The number of aromatic nitrogens is 2. The molecule has 0 spiro atoms. The SMILES string of the molecule is CCCn1ccnc1CC(=O)C1CCC(N)CC1. The Hall–Kier alpha value is -1.16. The Kier molecular flexibility index (Phi) is 4.53. The van der Waals surface area contributed by atoms with Crippen LogP contribution in [0.25, 0.3) is 0 Å². The first-order chi connectivity index (χ1) is 8.70. The monoisotopic (exact) mass is 249 g/mol. The molecule has 0 saturated heterocycles. The second-order valence-corrected chi connectivity index (χ2v) is 5.29. The maximum absolute atomic E-state index is 12.2. The molecule has 1 heterocycles. The average molecular weight is 249 g/mol. The number of aryl methyl sites for hydroxylation is 1. The molecule has 1 aromatic heterocycles. The number of rotatable bonds is 5. The number of hydrogen-bond donors (Lipinski definition) is 1. The zero-order valence-electron chi connectivity index (χ0n) is 11.1. The van der Waals surface area contributed by atoms with E-state index < -0.39 is 0 Å². The highest BCUT2D eigenvalue weighted by Crippen LogP contribution is 2.24. The molecule has 2 rings (SSSR count). The lowest BCUT2D eigenvalue weighted by molar-refractivity contribution is -0.123. The lowest BCUT2D eigenvalue weighted by Crippen LogP contribution is -2.30. The minimum atomic E-state index is 0.205. The average Bonchev–Trinajstić information content (AvgIpc) is 2.78. The molecular formula is C14H23N3O. The molecule has 2 N–H and O–H groups in total. The predicted octanol–water partition coefficient (Wildman–Crippen LogP) is 1.92. The minimum Gasteiger partial charge on any atom is -0.335 e. The van der Waals surface area contributed by atoms with Crippen LogP contribution in [0.5, 0.6) is 0 Å². The van der Waals surface area contributed by atoms with E-state index in [9.17, 15) is 4.79 Å². The first-order valence-electron chi connectivity index (χ1n) is 6.99. The van der Waals surface area contributed by atoms with Gasteiger partial charge in [-0.2, -0.15) is 0 Å². The van der Waals surface area contributed by atoms with Gasteiger partial charge >= 0.3 is 0 Å². The van der Waals surface area contributed by atoms with Crippen LogP contribution < -0.4 is 5.73 Å². The molecule has 0 amide bonds. The Labute approximate surface area is 109 Å². The molecule has 4 nitrogen and oxygen atoms in total. The summed E-state index contributed by atoms with van der Waals surface area (Å²) in [5.41, 5.74) is 5.87. The van der Waals surface area contributed by atoms with Crippen molar-refractivity contribution in [3.05, 3.63) is 18.2 Å². The van der Waals surface area contributed by atoms with Crippen molar-refractivity contribution in [2.75, 3.05) is 0 Å². The zero-order chi connectivity index (χ0) is 13.0. The molecular weight excluding hydrogens is 226 g/mol. The molecule has 1 fully saturated rings. The maximum Gasteiger partial charge on any atom is 0.143 e. The molecule has 1 aliphatic rings. The number of carbonyl (C=O) groups is 1. The van der Waals surface area contributed by atoms with Crippen LogP contribution in [0.3, 0.4) is 0 Å². The van der Waals surface area contributed by atoms with Crippen LogP contribution in [-0.4, -0.2) is 21.4 Å². The summed E-state index contributed by atoms with van der Waals surface area (Å²) in [6, 6.07) is 0.302. The van der Waals surface area contributed by atoms with Crippen molar-refractivity contribution < 1.29 is 4.79 Å². The van der Waals surface area contributed by atoms with Crippen molar-refractivity contribution in [2.24, 2.45) is 11.7 Å². The molecule has 0 unspecified atom stereocenters. The van der Waals surface area contributed by atoms with Crippen molar-refractivity contribution >= 4 is 5.78 Å². The normalized spacial score (nSPS) is 24.1. The third-order valence-corrected chi connectivity index (χ3v) is 3.83. The predicted molar refractivity (Wildman–Crippen MR) is 71.2 cm³/mol. The van der Waals surface area contributed by atoms with E-state index >= 15 is 0 Å². The topological polar surface area (TPSA) is 60.9 Å². The second-order valence-electron chi connectivity index (χ2n) is 5.29. The van der Waals surface area contributed by atoms with Gasteiger partial charge in [0.25, 0.3) is 0 Å². The van der Waals surface area contributed by atoms with Crippen LogP contribution in [0.2, 0.25) is 0 Å². The Balaban J connectivity index is 1.92. The highest BCUT2D eigenvalue weighted by atomic mass is 16.1. The Morgan fingerprint density at radius 3 is 2.83 bits per heavy atom. The van der Waals surface area contributed by atoms with E-state index in [1.165, 1.54) is 0 Å². The molecule has 0 aliphatic heterocycles. The van der Waals surface area contributed by atoms with Crippen molar-refractivity contribution in [2.45, 2.75) is 58.0 Å². The molecule has 1 saturated carbocycles. The summed E-state index contributed by atoms with van der Waals surface area (Å²) >= 11 is 0. The van der Waals surface area contributed by atoms with Gasteiger partial charge in [-0.25, -0.2) is 4.98 Å². The summed E-state index contributed by atoms with van der Waals surface area (Å²) in [6.07, 6.45) is 9.17. The van der Waals surface area contributed by atoms with Crippen LogP contribution >= 0.6 is 0 Å². The minimum absolute atomic E-state index is 0.205. The number of imidazole rings is 1. The van der Waals surface area contributed by atoms with Gasteiger partial charge in [-0.05, 0) is 32.1 Å². The van der Waals surface area contributed by atoms with Crippen LogP contribution in [0.15, 0.2) is 12.4 Å². The fraction of sp³-hybridized carbons (Fsp3) is 0.714. The van der Waals surface area contributed by atoms with Crippen LogP contribution in [-0.2, 0) is 17.8 Å². The summed E-state index contributed by atoms with van der Waals surface area (Å²) < 4.78 is 2.09. The van der Waals surface area contributed by atoms with E-state index in [-0.39, 0.29) is 5.92 Å². The van der Waals surface area contributed by atoms with Gasteiger partial charge in [0.15, 0.2) is 0 Å². The van der Waals surface area contributed by atoms with Gasteiger partial charge in [-0.1, -0.05) is 6.92 Å². The number of hydrogen-bond acceptors (Lipinski definition) is 3. The maximum atomic E-state index is 12.2.